The van der Waals surface area contributed by atoms with Crippen molar-refractivity contribution in [2.45, 2.75) is 38.7 Å². The second kappa shape index (κ2) is 9.67. The largest absolute Gasteiger partial charge is 0.374 e. The van der Waals surface area contributed by atoms with E-state index in [0.717, 1.165) is 25.9 Å². The summed E-state index contributed by atoms with van der Waals surface area (Å²) in [6.07, 6.45) is 10.6. The smallest absolute Gasteiger partial charge is 0.0790 e. The molecule has 0 radical (unpaired) electrons. The number of benzene rings is 1. The zero-order chi connectivity index (χ0) is 13.1. The molecule has 98 valence electrons. The minimum Gasteiger partial charge on any atom is -0.374 e. The Morgan fingerprint density at radius 3 is 2.72 bits per heavy atom. The van der Waals surface area contributed by atoms with Gasteiger partial charge in [0, 0.05) is 6.61 Å². The average molecular weight is 244 g/mol. The third-order valence-corrected chi connectivity index (χ3v) is 2.78. The fraction of sp³-hybridized carbons (Fsp3) is 0.412. The van der Waals surface area contributed by atoms with Crippen LogP contribution in [0.1, 0.15) is 31.7 Å². The highest BCUT2D eigenvalue weighted by Gasteiger charge is 2.01. The van der Waals surface area contributed by atoms with E-state index in [9.17, 15) is 0 Å². The lowest BCUT2D eigenvalue weighted by Crippen LogP contribution is -2.09. The molecular weight excluding hydrogens is 220 g/mol. The quantitative estimate of drug-likeness (QED) is 0.457. The van der Waals surface area contributed by atoms with Crippen LogP contribution >= 0.6 is 0 Å². The molecule has 0 aromatic heterocycles. The molecule has 1 heteroatoms. The summed E-state index contributed by atoms with van der Waals surface area (Å²) in [7, 11) is 0. The summed E-state index contributed by atoms with van der Waals surface area (Å²) in [4.78, 5) is 0. The van der Waals surface area contributed by atoms with Crippen molar-refractivity contribution in [3.63, 3.8) is 0 Å². The van der Waals surface area contributed by atoms with E-state index >= 15 is 0 Å². The highest BCUT2D eigenvalue weighted by molar-refractivity contribution is 5.17. The van der Waals surface area contributed by atoms with Crippen LogP contribution < -0.4 is 0 Å². The van der Waals surface area contributed by atoms with Crippen molar-refractivity contribution >= 4 is 0 Å². The monoisotopic (exact) mass is 244 g/mol. The Kier molecular flexibility index (Phi) is 7.90. The molecule has 0 fully saturated rings. The highest BCUT2D eigenvalue weighted by Crippen LogP contribution is 2.06. The molecular formula is C17H24O. The normalized spacial score (nSPS) is 12.7. The lowest BCUT2D eigenvalue weighted by Gasteiger charge is -2.11. The van der Waals surface area contributed by atoms with E-state index < -0.39 is 0 Å². The Balaban J connectivity index is 2.37. The molecule has 1 atom stereocenters. The van der Waals surface area contributed by atoms with Crippen LogP contribution in [-0.2, 0) is 11.2 Å². The van der Waals surface area contributed by atoms with Crippen LogP contribution in [0.15, 0.2) is 55.1 Å². The van der Waals surface area contributed by atoms with Crippen molar-refractivity contribution in [2.75, 3.05) is 6.61 Å². The summed E-state index contributed by atoms with van der Waals surface area (Å²) in [5, 5.41) is 0. The fourth-order valence-corrected chi connectivity index (χ4v) is 1.72. The molecule has 0 saturated carbocycles. The van der Waals surface area contributed by atoms with E-state index in [2.05, 4.69) is 49.9 Å². The van der Waals surface area contributed by atoms with Gasteiger partial charge in [0.15, 0.2) is 0 Å². The molecule has 0 bridgehead atoms. The van der Waals surface area contributed by atoms with Gasteiger partial charge in [-0.2, -0.15) is 0 Å². The van der Waals surface area contributed by atoms with Gasteiger partial charge in [-0.05, 0) is 24.8 Å². The second-order valence-electron chi connectivity index (χ2n) is 4.41. The Morgan fingerprint density at radius 1 is 1.28 bits per heavy atom. The molecule has 1 nitrogen and oxygen atoms in total. The van der Waals surface area contributed by atoms with Gasteiger partial charge >= 0.3 is 0 Å². The summed E-state index contributed by atoms with van der Waals surface area (Å²) >= 11 is 0. The van der Waals surface area contributed by atoms with Crippen molar-refractivity contribution in [1.82, 2.24) is 0 Å². The van der Waals surface area contributed by atoms with Crippen molar-refractivity contribution in [3.05, 3.63) is 60.7 Å². The van der Waals surface area contributed by atoms with Crippen molar-refractivity contribution < 1.29 is 4.74 Å². The predicted molar refractivity (Wildman–Crippen MR) is 78.7 cm³/mol. The summed E-state index contributed by atoms with van der Waals surface area (Å²) in [5.41, 5.74) is 1.33. The van der Waals surface area contributed by atoms with Crippen molar-refractivity contribution in [2.24, 2.45) is 0 Å². The van der Waals surface area contributed by atoms with Crippen molar-refractivity contribution in [1.29, 1.82) is 0 Å². The molecule has 0 aliphatic rings. The molecule has 0 amide bonds. The Bertz CT molecular complexity index is 340. The maximum Gasteiger partial charge on any atom is 0.0790 e. The van der Waals surface area contributed by atoms with Crippen LogP contribution in [0.2, 0.25) is 0 Å². The topological polar surface area (TPSA) is 9.23 Å². The number of unbranched alkanes of at least 4 members (excludes halogenated alkanes) is 1. The number of hydrogen-bond donors (Lipinski definition) is 0. The van der Waals surface area contributed by atoms with Gasteiger partial charge in [0.05, 0.1) is 6.10 Å². The maximum absolute atomic E-state index is 5.80. The summed E-state index contributed by atoms with van der Waals surface area (Å²) in [6, 6.07) is 10.5. The lowest BCUT2D eigenvalue weighted by molar-refractivity contribution is 0.0848. The third-order valence-electron chi connectivity index (χ3n) is 2.78. The SMILES string of the molecule is C=CC[C@@H](/C=C\Cc1ccccc1)OCCCC. The van der Waals surface area contributed by atoms with Crippen LogP contribution in [-0.4, -0.2) is 12.7 Å². The van der Waals surface area contributed by atoms with Crippen molar-refractivity contribution in [3.8, 4) is 0 Å². The van der Waals surface area contributed by atoms with Crippen LogP contribution in [0.4, 0.5) is 0 Å². The number of rotatable bonds is 9. The maximum atomic E-state index is 5.80. The number of ether oxygens (including phenoxy) is 1. The van der Waals surface area contributed by atoms with Gasteiger partial charge in [0.1, 0.15) is 0 Å². The molecule has 0 aliphatic carbocycles. The van der Waals surface area contributed by atoms with E-state index in [1.54, 1.807) is 0 Å². The Labute approximate surface area is 111 Å². The second-order valence-corrected chi connectivity index (χ2v) is 4.41. The number of allylic oxidation sites excluding steroid dienone is 1. The van der Waals surface area contributed by atoms with Gasteiger partial charge in [-0.1, -0.05) is 61.9 Å². The van der Waals surface area contributed by atoms with E-state index in [-0.39, 0.29) is 6.10 Å². The zero-order valence-corrected chi connectivity index (χ0v) is 11.3. The molecule has 0 spiro atoms. The van der Waals surface area contributed by atoms with E-state index in [4.69, 9.17) is 4.74 Å². The van der Waals surface area contributed by atoms with Gasteiger partial charge in [-0.15, -0.1) is 6.58 Å². The molecule has 0 aliphatic heterocycles. The van der Waals surface area contributed by atoms with Gasteiger partial charge in [0.2, 0.25) is 0 Å². The Hall–Kier alpha value is -1.34. The predicted octanol–water partition coefficient (Wildman–Crippen LogP) is 4.55. The molecule has 1 aromatic rings. The molecule has 18 heavy (non-hydrogen) atoms. The fourth-order valence-electron chi connectivity index (χ4n) is 1.72. The summed E-state index contributed by atoms with van der Waals surface area (Å²) in [6.45, 7) is 6.80. The first-order valence-corrected chi connectivity index (χ1v) is 6.80. The Morgan fingerprint density at radius 2 is 2.06 bits per heavy atom. The van der Waals surface area contributed by atoms with Gasteiger partial charge in [0.25, 0.3) is 0 Å². The molecule has 0 N–H and O–H groups in total. The van der Waals surface area contributed by atoms with E-state index in [1.165, 1.54) is 12.0 Å². The van der Waals surface area contributed by atoms with Crippen LogP contribution in [0, 0.1) is 0 Å². The summed E-state index contributed by atoms with van der Waals surface area (Å²) < 4.78 is 5.80. The third kappa shape index (κ3) is 6.41. The van der Waals surface area contributed by atoms with E-state index in [0.29, 0.717) is 0 Å². The summed E-state index contributed by atoms with van der Waals surface area (Å²) in [5.74, 6) is 0. The first-order valence-electron chi connectivity index (χ1n) is 6.80. The lowest BCUT2D eigenvalue weighted by atomic mass is 10.1. The molecule has 0 saturated heterocycles. The average Bonchev–Trinajstić information content (AvgIpc) is 2.40. The zero-order valence-electron chi connectivity index (χ0n) is 11.3. The van der Waals surface area contributed by atoms with Crippen LogP contribution in [0.3, 0.4) is 0 Å². The van der Waals surface area contributed by atoms with Gasteiger partial charge in [-0.25, -0.2) is 0 Å². The van der Waals surface area contributed by atoms with Gasteiger partial charge < -0.3 is 4.74 Å². The van der Waals surface area contributed by atoms with E-state index in [1.807, 2.05) is 12.1 Å². The van der Waals surface area contributed by atoms with Crippen LogP contribution in [0.5, 0.6) is 0 Å². The standard InChI is InChI=1S/C17H24O/c1-3-5-15-18-17(10-4-2)14-9-13-16-11-7-6-8-12-16/h4,6-9,11-12,14,17H,2-3,5,10,13,15H2,1H3/b14-9-/t17-/m0/s1. The minimum absolute atomic E-state index is 0.178. The first kappa shape index (κ1) is 14.7. The molecule has 1 aromatic carbocycles. The van der Waals surface area contributed by atoms with Gasteiger partial charge in [-0.3, -0.25) is 0 Å². The number of hydrogen-bond acceptors (Lipinski definition) is 1. The molecule has 1 rings (SSSR count). The first-order chi connectivity index (χ1) is 8.86. The molecule has 0 heterocycles. The van der Waals surface area contributed by atoms with Crippen LogP contribution in [0.25, 0.3) is 0 Å². The highest BCUT2D eigenvalue weighted by atomic mass is 16.5. The molecule has 0 unspecified atom stereocenters. The minimum atomic E-state index is 0.178.